The van der Waals surface area contributed by atoms with Gasteiger partial charge in [0.05, 0.1) is 17.6 Å². The molecule has 1 aliphatic heterocycles. The maximum absolute atomic E-state index is 14.9. The molecule has 3 rings (SSSR count). The zero-order valence-electron chi connectivity index (χ0n) is 17.0. The van der Waals surface area contributed by atoms with E-state index in [-0.39, 0.29) is 24.0 Å². The molecule has 2 heterocycles. The molecule has 32 heavy (non-hydrogen) atoms. The molecule has 1 aliphatic rings. The number of rotatable bonds is 4. The highest BCUT2D eigenvalue weighted by atomic mass is 19.4. The number of alkyl halides is 3. The van der Waals surface area contributed by atoms with E-state index in [4.69, 9.17) is 5.11 Å². The Hall–Kier alpha value is -3.41. The molecule has 3 amide bonds. The van der Waals surface area contributed by atoms with Crippen molar-refractivity contribution in [2.24, 2.45) is 0 Å². The van der Waals surface area contributed by atoms with Crippen molar-refractivity contribution in [3.63, 3.8) is 0 Å². The fraction of sp³-hybridized carbons (Fsp3) is 0.350. The molecular formula is C20H21F4N5O3. The van der Waals surface area contributed by atoms with Crippen molar-refractivity contribution in [3.8, 4) is 0 Å². The van der Waals surface area contributed by atoms with Crippen LogP contribution in [0.15, 0.2) is 36.5 Å². The van der Waals surface area contributed by atoms with E-state index in [2.05, 4.69) is 15.6 Å². The zero-order chi connectivity index (χ0) is 23.5. The minimum Gasteiger partial charge on any atom is -0.465 e. The first-order chi connectivity index (χ1) is 15.0. The summed E-state index contributed by atoms with van der Waals surface area (Å²) in [7, 11) is 0. The number of carbonyl (C=O) groups is 2. The number of urea groups is 1. The molecular weight excluding hydrogens is 434 g/mol. The molecule has 0 aliphatic carbocycles. The number of carboxylic acid groups (broad SMARTS) is 1. The number of halogens is 4. The van der Waals surface area contributed by atoms with Crippen molar-refractivity contribution in [1.29, 1.82) is 0 Å². The molecule has 2 aromatic rings. The monoisotopic (exact) mass is 455 g/mol. The van der Waals surface area contributed by atoms with Crippen LogP contribution in [0.1, 0.15) is 18.2 Å². The van der Waals surface area contributed by atoms with Gasteiger partial charge in [-0.3, -0.25) is 4.90 Å². The summed E-state index contributed by atoms with van der Waals surface area (Å²) in [5, 5.41) is 13.8. The number of pyridine rings is 1. The Labute approximate surface area is 180 Å². The summed E-state index contributed by atoms with van der Waals surface area (Å²) in [6, 6.07) is 5.16. The van der Waals surface area contributed by atoms with Crippen molar-refractivity contribution in [1.82, 2.24) is 14.8 Å². The molecule has 0 saturated carbocycles. The molecule has 172 valence electrons. The van der Waals surface area contributed by atoms with E-state index >= 15 is 0 Å². The maximum Gasteiger partial charge on any atom is 0.433 e. The lowest BCUT2D eigenvalue weighted by Gasteiger charge is -2.38. The Kier molecular flexibility index (Phi) is 6.82. The summed E-state index contributed by atoms with van der Waals surface area (Å²) in [5.41, 5.74) is -0.870. The van der Waals surface area contributed by atoms with E-state index in [1.807, 2.05) is 4.90 Å². The van der Waals surface area contributed by atoms with E-state index in [9.17, 15) is 27.2 Å². The van der Waals surface area contributed by atoms with Crippen molar-refractivity contribution in [2.75, 3.05) is 30.3 Å². The SMILES string of the molecule is CC1CN(Cc2cccc(NC(=O)Nc3ccc(C(F)(F)F)nc3)c2F)CCN1C(=O)O. The fourth-order valence-electron chi connectivity index (χ4n) is 3.42. The Morgan fingerprint density at radius 1 is 1.19 bits per heavy atom. The summed E-state index contributed by atoms with van der Waals surface area (Å²) in [5.74, 6) is -0.651. The predicted molar refractivity (Wildman–Crippen MR) is 108 cm³/mol. The lowest BCUT2D eigenvalue weighted by Crippen LogP contribution is -2.53. The molecule has 0 bridgehead atoms. The van der Waals surface area contributed by atoms with E-state index in [0.717, 1.165) is 18.3 Å². The molecule has 1 aromatic carbocycles. The number of carbonyl (C=O) groups excluding carboxylic acids is 1. The average Bonchev–Trinajstić information content (AvgIpc) is 2.70. The molecule has 1 unspecified atom stereocenters. The number of hydrogen-bond donors (Lipinski definition) is 3. The van der Waals surface area contributed by atoms with Gasteiger partial charge < -0.3 is 20.6 Å². The standard InChI is InChI=1S/C20H21F4N5O3/c1-12-10-28(7-8-29(12)19(31)32)11-13-3-2-4-15(17(13)21)27-18(30)26-14-5-6-16(25-9-14)20(22,23)24/h2-6,9,12H,7-8,10-11H2,1H3,(H,31,32)(H2,26,27,30). The number of hydrogen-bond acceptors (Lipinski definition) is 4. The number of nitrogens with one attached hydrogen (secondary N) is 2. The Bertz CT molecular complexity index is 984. The molecule has 8 nitrogen and oxygen atoms in total. The summed E-state index contributed by atoms with van der Waals surface area (Å²) >= 11 is 0. The second kappa shape index (κ2) is 9.39. The van der Waals surface area contributed by atoms with Crippen LogP contribution in [0.4, 0.5) is 38.5 Å². The van der Waals surface area contributed by atoms with Gasteiger partial charge in [-0.15, -0.1) is 0 Å². The van der Waals surface area contributed by atoms with Gasteiger partial charge in [0.1, 0.15) is 5.69 Å². The van der Waals surface area contributed by atoms with Gasteiger partial charge in [-0.05, 0) is 25.1 Å². The second-order valence-corrected chi connectivity index (χ2v) is 7.35. The number of piperazine rings is 1. The van der Waals surface area contributed by atoms with Crippen molar-refractivity contribution in [2.45, 2.75) is 25.7 Å². The van der Waals surface area contributed by atoms with Gasteiger partial charge in [-0.1, -0.05) is 12.1 Å². The van der Waals surface area contributed by atoms with E-state index in [0.29, 0.717) is 25.2 Å². The molecule has 12 heteroatoms. The maximum atomic E-state index is 14.9. The number of benzene rings is 1. The summed E-state index contributed by atoms with van der Waals surface area (Å²) in [6.45, 7) is 3.18. The lowest BCUT2D eigenvalue weighted by molar-refractivity contribution is -0.141. The third-order valence-electron chi connectivity index (χ3n) is 4.99. The predicted octanol–water partition coefficient (Wildman–Crippen LogP) is 4.07. The lowest BCUT2D eigenvalue weighted by atomic mass is 10.1. The number of anilines is 2. The van der Waals surface area contributed by atoms with Crippen LogP contribution in [0.3, 0.4) is 0 Å². The van der Waals surface area contributed by atoms with Crippen LogP contribution in [0, 0.1) is 5.82 Å². The molecule has 3 N–H and O–H groups in total. The highest BCUT2D eigenvalue weighted by Crippen LogP contribution is 2.28. The van der Waals surface area contributed by atoms with Gasteiger partial charge in [0.15, 0.2) is 5.82 Å². The highest BCUT2D eigenvalue weighted by molar-refractivity contribution is 5.99. The Balaban J connectivity index is 1.61. The molecule has 1 aromatic heterocycles. The van der Waals surface area contributed by atoms with Gasteiger partial charge in [0, 0.05) is 37.8 Å². The normalized spacial score (nSPS) is 17.2. The highest BCUT2D eigenvalue weighted by Gasteiger charge is 2.32. The first kappa shape index (κ1) is 23.3. The van der Waals surface area contributed by atoms with E-state index in [1.165, 1.54) is 11.0 Å². The third-order valence-corrected chi connectivity index (χ3v) is 4.99. The quantitative estimate of drug-likeness (QED) is 0.604. The molecule has 0 radical (unpaired) electrons. The van der Waals surface area contributed by atoms with E-state index in [1.54, 1.807) is 19.1 Å². The van der Waals surface area contributed by atoms with Crippen molar-refractivity contribution < 1.29 is 32.3 Å². The summed E-state index contributed by atoms with van der Waals surface area (Å²) < 4.78 is 52.6. The first-order valence-corrected chi connectivity index (χ1v) is 9.65. The van der Waals surface area contributed by atoms with Gasteiger partial charge in [-0.2, -0.15) is 13.2 Å². The van der Waals surface area contributed by atoms with Gasteiger partial charge >= 0.3 is 18.3 Å². The van der Waals surface area contributed by atoms with Crippen LogP contribution < -0.4 is 10.6 Å². The van der Waals surface area contributed by atoms with Crippen molar-refractivity contribution >= 4 is 23.5 Å². The summed E-state index contributed by atoms with van der Waals surface area (Å²) in [4.78, 5) is 29.8. The van der Waals surface area contributed by atoms with Crippen LogP contribution in [-0.2, 0) is 12.7 Å². The Morgan fingerprint density at radius 2 is 1.94 bits per heavy atom. The molecule has 1 atom stereocenters. The average molecular weight is 455 g/mol. The molecule has 1 saturated heterocycles. The van der Waals surface area contributed by atoms with Gasteiger partial charge in [0.25, 0.3) is 0 Å². The number of nitrogens with zero attached hydrogens (tertiary/aromatic N) is 3. The van der Waals surface area contributed by atoms with Crippen LogP contribution in [0.5, 0.6) is 0 Å². The smallest absolute Gasteiger partial charge is 0.433 e. The Morgan fingerprint density at radius 3 is 2.53 bits per heavy atom. The molecule has 1 fully saturated rings. The van der Waals surface area contributed by atoms with Gasteiger partial charge in [0.2, 0.25) is 0 Å². The summed E-state index contributed by atoms with van der Waals surface area (Å²) in [6.07, 6.45) is -4.74. The van der Waals surface area contributed by atoms with Gasteiger partial charge in [-0.25, -0.2) is 19.0 Å². The largest absolute Gasteiger partial charge is 0.465 e. The molecule has 0 spiro atoms. The van der Waals surface area contributed by atoms with Crippen molar-refractivity contribution in [3.05, 3.63) is 53.6 Å². The van der Waals surface area contributed by atoms with Crippen LogP contribution in [-0.4, -0.2) is 57.7 Å². The first-order valence-electron chi connectivity index (χ1n) is 9.65. The second-order valence-electron chi connectivity index (χ2n) is 7.35. The topological polar surface area (TPSA) is 97.8 Å². The zero-order valence-corrected chi connectivity index (χ0v) is 17.0. The number of amides is 3. The minimum absolute atomic E-state index is 0.0114. The van der Waals surface area contributed by atoms with Crippen LogP contribution >= 0.6 is 0 Å². The van der Waals surface area contributed by atoms with E-state index < -0.39 is 29.8 Å². The number of aromatic nitrogens is 1. The van der Waals surface area contributed by atoms with Crippen LogP contribution in [0.25, 0.3) is 0 Å². The minimum atomic E-state index is -4.59. The van der Waals surface area contributed by atoms with Crippen LogP contribution in [0.2, 0.25) is 0 Å². The fourth-order valence-corrected chi connectivity index (χ4v) is 3.42. The third kappa shape index (κ3) is 5.63.